The Kier molecular flexibility index (Phi) is 3.94. The number of phenolic OH excluding ortho intramolecular Hbond substituents is 1. The summed E-state index contributed by atoms with van der Waals surface area (Å²) < 4.78 is 0. The van der Waals surface area contributed by atoms with Crippen molar-refractivity contribution in [2.75, 3.05) is 0 Å². The summed E-state index contributed by atoms with van der Waals surface area (Å²) in [6.45, 7) is 1.80. The van der Waals surface area contributed by atoms with Crippen LogP contribution < -0.4 is 11.3 Å². The Morgan fingerprint density at radius 3 is 2.52 bits per heavy atom. The first-order valence-corrected chi connectivity index (χ1v) is 7.23. The summed E-state index contributed by atoms with van der Waals surface area (Å²) in [6.07, 6.45) is 0.784. The van der Waals surface area contributed by atoms with Crippen molar-refractivity contribution >= 4 is 16.9 Å². The Labute approximate surface area is 132 Å². The number of aryl methyl sites for hydroxylation is 2. The molecule has 0 spiro atoms. The van der Waals surface area contributed by atoms with Crippen molar-refractivity contribution in [3.8, 4) is 11.4 Å². The fraction of sp³-hybridized carbons (Fsp3) is 0.188. The molecule has 0 aliphatic carbocycles. The van der Waals surface area contributed by atoms with Gasteiger partial charge in [-0.3, -0.25) is 10.2 Å². The van der Waals surface area contributed by atoms with Crippen LogP contribution in [0.1, 0.15) is 17.5 Å². The monoisotopic (exact) mass is 311 g/mol. The van der Waals surface area contributed by atoms with E-state index >= 15 is 0 Å². The van der Waals surface area contributed by atoms with E-state index in [2.05, 4.69) is 15.6 Å². The van der Waals surface area contributed by atoms with Crippen molar-refractivity contribution in [2.24, 2.45) is 5.84 Å². The molecular weight excluding hydrogens is 294 g/mol. The molecule has 0 radical (unpaired) electrons. The van der Waals surface area contributed by atoms with E-state index in [9.17, 15) is 9.90 Å². The fourth-order valence-electron chi connectivity index (χ4n) is 2.43. The normalized spacial score (nSPS) is 10.9. The van der Waals surface area contributed by atoms with E-state index in [4.69, 9.17) is 5.84 Å². The predicted molar refractivity (Wildman–Crippen MR) is 85.9 cm³/mol. The molecule has 4 N–H and O–H groups in total. The number of carbonyl (C=O) groups is 1. The maximum Gasteiger partial charge on any atom is 0.234 e. The lowest BCUT2D eigenvalue weighted by molar-refractivity contribution is -0.121. The van der Waals surface area contributed by atoms with Crippen LogP contribution in [0.15, 0.2) is 36.4 Å². The number of fused-ring (bicyclic) bond motifs is 1. The zero-order valence-electron chi connectivity index (χ0n) is 12.7. The fourth-order valence-corrected chi connectivity index (χ4v) is 2.43. The van der Waals surface area contributed by atoms with E-state index in [1.165, 1.54) is 4.80 Å². The van der Waals surface area contributed by atoms with Crippen molar-refractivity contribution in [3.63, 3.8) is 0 Å². The smallest absolute Gasteiger partial charge is 0.234 e. The molecule has 0 aliphatic heterocycles. The van der Waals surface area contributed by atoms with E-state index in [-0.39, 0.29) is 18.1 Å². The number of amides is 1. The van der Waals surface area contributed by atoms with Crippen LogP contribution in [0.4, 0.5) is 0 Å². The van der Waals surface area contributed by atoms with Gasteiger partial charge in [0.25, 0.3) is 0 Å². The van der Waals surface area contributed by atoms with E-state index in [1.807, 2.05) is 30.3 Å². The van der Waals surface area contributed by atoms with Crippen LogP contribution in [-0.2, 0) is 11.2 Å². The highest BCUT2D eigenvalue weighted by Crippen LogP contribution is 2.28. The third-order valence-corrected chi connectivity index (χ3v) is 3.64. The van der Waals surface area contributed by atoms with Crippen molar-refractivity contribution in [3.05, 3.63) is 47.5 Å². The molecule has 7 nitrogen and oxygen atoms in total. The van der Waals surface area contributed by atoms with E-state index in [1.54, 1.807) is 13.0 Å². The van der Waals surface area contributed by atoms with Gasteiger partial charge in [-0.25, -0.2) is 5.84 Å². The van der Waals surface area contributed by atoms with Crippen molar-refractivity contribution < 1.29 is 9.90 Å². The lowest BCUT2D eigenvalue weighted by Crippen LogP contribution is -2.30. The van der Waals surface area contributed by atoms with Crippen LogP contribution in [0, 0.1) is 6.92 Å². The number of nitrogens with zero attached hydrogens (tertiary/aromatic N) is 3. The van der Waals surface area contributed by atoms with Crippen LogP contribution in [0.3, 0.4) is 0 Å². The van der Waals surface area contributed by atoms with E-state index in [0.29, 0.717) is 17.7 Å². The van der Waals surface area contributed by atoms with Crippen LogP contribution in [0.5, 0.6) is 5.75 Å². The van der Waals surface area contributed by atoms with Crippen molar-refractivity contribution in [2.45, 2.75) is 19.8 Å². The molecule has 3 aromatic rings. The van der Waals surface area contributed by atoms with Gasteiger partial charge in [0.05, 0.1) is 0 Å². The number of phenols is 1. The lowest BCUT2D eigenvalue weighted by Gasteiger charge is -2.10. The largest absolute Gasteiger partial charge is 0.505 e. The molecule has 0 saturated heterocycles. The number of aromatic hydroxyl groups is 1. The molecule has 1 heterocycles. The molecular formula is C16H17N5O2. The number of benzene rings is 2. The zero-order chi connectivity index (χ0) is 16.4. The molecule has 0 aliphatic rings. The van der Waals surface area contributed by atoms with Gasteiger partial charge in [-0.05, 0) is 42.7 Å². The first kappa shape index (κ1) is 15.0. The van der Waals surface area contributed by atoms with Gasteiger partial charge in [-0.15, -0.1) is 15.0 Å². The van der Waals surface area contributed by atoms with Crippen molar-refractivity contribution in [1.29, 1.82) is 0 Å². The average Bonchev–Trinajstić information content (AvgIpc) is 2.99. The number of nitrogens with two attached hydrogens (primary N) is 1. The minimum atomic E-state index is -0.236. The molecule has 3 rings (SSSR count). The quantitative estimate of drug-likeness (QED) is 0.383. The second kappa shape index (κ2) is 6.05. The Bertz CT molecular complexity index is 839. The highest BCUT2D eigenvalue weighted by Gasteiger charge is 2.13. The van der Waals surface area contributed by atoms with Gasteiger partial charge in [0.1, 0.15) is 22.5 Å². The Morgan fingerprint density at radius 1 is 1.26 bits per heavy atom. The van der Waals surface area contributed by atoms with Crippen LogP contribution >= 0.6 is 0 Å². The van der Waals surface area contributed by atoms with Gasteiger partial charge in [0.15, 0.2) is 0 Å². The van der Waals surface area contributed by atoms with Crippen LogP contribution in [0.2, 0.25) is 0 Å². The summed E-state index contributed by atoms with van der Waals surface area (Å²) in [5, 5.41) is 19.1. The predicted octanol–water partition coefficient (Wildman–Crippen LogP) is 1.36. The van der Waals surface area contributed by atoms with Gasteiger partial charge in [0, 0.05) is 6.42 Å². The molecule has 7 heteroatoms. The summed E-state index contributed by atoms with van der Waals surface area (Å²) in [4.78, 5) is 12.7. The van der Waals surface area contributed by atoms with Gasteiger partial charge < -0.3 is 5.11 Å². The van der Waals surface area contributed by atoms with E-state index in [0.717, 1.165) is 16.6 Å². The SMILES string of the molecule is Cc1cc(CCC(=O)NN)cc(-n2nc3ccccc3n2)c1O. The summed E-state index contributed by atoms with van der Waals surface area (Å²) in [7, 11) is 0. The second-order valence-electron chi connectivity index (χ2n) is 5.33. The second-order valence-corrected chi connectivity index (χ2v) is 5.33. The van der Waals surface area contributed by atoms with Crippen LogP contribution in [-0.4, -0.2) is 26.0 Å². The third kappa shape index (κ3) is 3.00. The zero-order valence-corrected chi connectivity index (χ0v) is 12.7. The minimum absolute atomic E-state index is 0.123. The minimum Gasteiger partial charge on any atom is -0.505 e. The van der Waals surface area contributed by atoms with Gasteiger partial charge in [0.2, 0.25) is 5.91 Å². The highest BCUT2D eigenvalue weighted by atomic mass is 16.3. The molecule has 0 atom stereocenters. The number of hydrogen-bond acceptors (Lipinski definition) is 5. The Morgan fingerprint density at radius 2 is 1.91 bits per heavy atom. The summed E-state index contributed by atoms with van der Waals surface area (Å²) in [5.74, 6) is 4.98. The lowest BCUT2D eigenvalue weighted by atomic mass is 10.0. The summed E-state index contributed by atoms with van der Waals surface area (Å²) in [6, 6.07) is 11.1. The first-order chi connectivity index (χ1) is 11.1. The van der Waals surface area contributed by atoms with Gasteiger partial charge >= 0.3 is 0 Å². The Balaban J connectivity index is 2.00. The maximum absolute atomic E-state index is 11.3. The summed E-state index contributed by atoms with van der Waals surface area (Å²) >= 11 is 0. The third-order valence-electron chi connectivity index (χ3n) is 3.64. The molecule has 0 saturated carbocycles. The van der Waals surface area contributed by atoms with Gasteiger partial charge in [-0.1, -0.05) is 18.2 Å². The van der Waals surface area contributed by atoms with E-state index < -0.39 is 0 Å². The number of rotatable bonds is 4. The maximum atomic E-state index is 11.3. The summed E-state index contributed by atoms with van der Waals surface area (Å²) in [5.41, 5.74) is 5.70. The van der Waals surface area contributed by atoms with Crippen LogP contribution in [0.25, 0.3) is 16.7 Å². The standard InChI is InChI=1S/C16H17N5O2/c1-10-8-11(6-7-15(22)18-17)9-14(16(10)23)21-19-12-4-2-3-5-13(12)20-21/h2-5,8-9,23H,6-7,17H2,1H3,(H,18,22). The average molecular weight is 311 g/mol. The Hall–Kier alpha value is -2.93. The number of aromatic nitrogens is 3. The number of carbonyl (C=O) groups excluding carboxylic acids is 1. The van der Waals surface area contributed by atoms with Gasteiger partial charge in [-0.2, -0.15) is 0 Å². The molecule has 0 unspecified atom stereocenters. The topological polar surface area (TPSA) is 106 Å². The number of hydrogen-bond donors (Lipinski definition) is 3. The number of hydrazine groups is 1. The molecule has 2 aromatic carbocycles. The molecule has 23 heavy (non-hydrogen) atoms. The first-order valence-electron chi connectivity index (χ1n) is 7.23. The molecule has 0 fully saturated rings. The molecule has 1 aromatic heterocycles. The van der Waals surface area contributed by atoms with Crippen molar-refractivity contribution in [1.82, 2.24) is 20.4 Å². The molecule has 0 bridgehead atoms. The number of nitrogens with one attached hydrogen (secondary N) is 1. The highest BCUT2D eigenvalue weighted by molar-refractivity contribution is 5.75. The molecule has 118 valence electrons. The molecule has 1 amide bonds.